The highest BCUT2D eigenvalue weighted by atomic mass is 127. The summed E-state index contributed by atoms with van der Waals surface area (Å²) in [4.78, 5) is 0. The third-order valence-corrected chi connectivity index (χ3v) is 6.54. The van der Waals surface area contributed by atoms with Crippen molar-refractivity contribution >= 4 is 45.2 Å². The summed E-state index contributed by atoms with van der Waals surface area (Å²) in [7, 11) is 0. The van der Waals surface area contributed by atoms with E-state index in [1.807, 2.05) is 0 Å². The Balaban J connectivity index is 2.17. The molecule has 3 aromatic carbocycles. The van der Waals surface area contributed by atoms with Crippen LogP contribution in [0.25, 0.3) is 22.3 Å². The van der Waals surface area contributed by atoms with Crippen LogP contribution >= 0.6 is 45.2 Å². The van der Waals surface area contributed by atoms with E-state index in [0.29, 0.717) is 0 Å². The van der Waals surface area contributed by atoms with Crippen molar-refractivity contribution in [3.63, 3.8) is 0 Å². The lowest BCUT2D eigenvalue weighted by Gasteiger charge is -2.11. The highest BCUT2D eigenvalue weighted by Gasteiger charge is 2.10. The molecule has 21 heavy (non-hydrogen) atoms. The van der Waals surface area contributed by atoms with Crippen LogP contribution in [0.2, 0.25) is 0 Å². The zero-order chi connectivity index (χ0) is 14.8. The first-order valence-electron chi connectivity index (χ1n) is 6.76. The number of hydrogen-bond donors (Lipinski definition) is 0. The molecule has 0 radical (unpaired) electrons. The van der Waals surface area contributed by atoms with Crippen LogP contribution in [0.4, 0.5) is 0 Å². The number of benzene rings is 3. The monoisotopic (exact) mass is 496 g/mol. The lowest BCUT2D eigenvalue weighted by atomic mass is 9.98. The molecule has 0 aliphatic rings. The van der Waals surface area contributed by atoms with E-state index in [1.54, 1.807) is 0 Å². The van der Waals surface area contributed by atoms with Gasteiger partial charge in [-0.2, -0.15) is 0 Å². The van der Waals surface area contributed by atoms with E-state index in [-0.39, 0.29) is 0 Å². The van der Waals surface area contributed by atoms with E-state index in [2.05, 4.69) is 119 Å². The van der Waals surface area contributed by atoms with Crippen molar-refractivity contribution in [3.8, 4) is 22.3 Å². The van der Waals surface area contributed by atoms with Crippen molar-refractivity contribution in [2.75, 3.05) is 0 Å². The molecule has 0 atom stereocenters. The molecule has 3 aromatic rings. The molecule has 0 fully saturated rings. The third kappa shape index (κ3) is 3.31. The quantitative estimate of drug-likeness (QED) is 0.354. The summed E-state index contributed by atoms with van der Waals surface area (Å²) >= 11 is 4.87. The summed E-state index contributed by atoms with van der Waals surface area (Å²) in [6.45, 7) is 2.12. The maximum absolute atomic E-state index is 2.45. The van der Waals surface area contributed by atoms with Gasteiger partial charge in [-0.1, -0.05) is 60.2 Å². The number of halogens is 2. The van der Waals surface area contributed by atoms with Gasteiger partial charge in [-0.25, -0.2) is 0 Å². The molecule has 0 bridgehead atoms. The Morgan fingerprint density at radius 2 is 1.33 bits per heavy atom. The van der Waals surface area contributed by atoms with Gasteiger partial charge in [0.25, 0.3) is 0 Å². The predicted molar refractivity (Wildman–Crippen MR) is 107 cm³/mol. The van der Waals surface area contributed by atoms with Crippen molar-refractivity contribution in [1.29, 1.82) is 0 Å². The molecule has 0 N–H and O–H groups in total. The Kier molecular flexibility index (Phi) is 4.64. The second-order valence-electron chi connectivity index (χ2n) is 5.05. The lowest BCUT2D eigenvalue weighted by Crippen LogP contribution is -1.90. The molecular weight excluding hydrogens is 482 g/mol. The summed E-state index contributed by atoms with van der Waals surface area (Å²) in [5, 5.41) is 0. The molecule has 0 heterocycles. The van der Waals surface area contributed by atoms with Crippen LogP contribution in [0.5, 0.6) is 0 Å². The largest absolute Gasteiger partial charge is 0.0622 e. The fraction of sp³-hybridized carbons (Fsp3) is 0.0526. The van der Waals surface area contributed by atoms with Gasteiger partial charge < -0.3 is 0 Å². The van der Waals surface area contributed by atoms with Gasteiger partial charge in [0.05, 0.1) is 0 Å². The smallest absolute Gasteiger partial charge is 0.0342 e. The normalized spacial score (nSPS) is 10.6. The molecule has 0 nitrogen and oxygen atoms in total. The average Bonchev–Trinajstić information content (AvgIpc) is 2.52. The minimum atomic E-state index is 1.26. The summed E-state index contributed by atoms with van der Waals surface area (Å²) in [6, 6.07) is 23.9. The SMILES string of the molecule is Cc1ccc(-c2cc(-c3ccccc3)cc(I)c2I)cc1. The summed E-state index contributed by atoms with van der Waals surface area (Å²) < 4.78 is 2.61. The molecule has 0 aromatic heterocycles. The van der Waals surface area contributed by atoms with Crippen LogP contribution in [0.15, 0.2) is 66.7 Å². The Morgan fingerprint density at radius 3 is 2.00 bits per heavy atom. The molecule has 0 aliphatic heterocycles. The molecule has 3 rings (SSSR count). The first-order valence-corrected chi connectivity index (χ1v) is 8.92. The zero-order valence-corrected chi connectivity index (χ0v) is 15.9. The van der Waals surface area contributed by atoms with Crippen molar-refractivity contribution in [2.45, 2.75) is 6.92 Å². The topological polar surface area (TPSA) is 0 Å². The molecule has 0 unspecified atom stereocenters. The van der Waals surface area contributed by atoms with Crippen LogP contribution in [0.3, 0.4) is 0 Å². The van der Waals surface area contributed by atoms with Crippen molar-refractivity contribution < 1.29 is 0 Å². The number of aryl methyl sites for hydroxylation is 1. The van der Waals surface area contributed by atoms with Gasteiger partial charge >= 0.3 is 0 Å². The fourth-order valence-electron chi connectivity index (χ4n) is 2.33. The first-order chi connectivity index (χ1) is 10.1. The third-order valence-electron chi connectivity index (χ3n) is 3.50. The molecule has 0 saturated carbocycles. The van der Waals surface area contributed by atoms with E-state index in [1.165, 1.54) is 35.0 Å². The fourth-order valence-corrected chi connectivity index (χ4v) is 3.58. The minimum absolute atomic E-state index is 1.26. The molecular formula is C19H14I2. The van der Waals surface area contributed by atoms with Crippen LogP contribution in [0, 0.1) is 14.1 Å². The molecule has 0 aliphatic carbocycles. The van der Waals surface area contributed by atoms with Gasteiger partial charge in [-0.15, -0.1) is 0 Å². The zero-order valence-electron chi connectivity index (χ0n) is 11.6. The average molecular weight is 496 g/mol. The molecule has 0 spiro atoms. The first kappa shape index (κ1) is 15.0. The van der Waals surface area contributed by atoms with Gasteiger partial charge in [-0.3, -0.25) is 0 Å². The van der Waals surface area contributed by atoms with Crippen molar-refractivity contribution in [2.24, 2.45) is 0 Å². The van der Waals surface area contributed by atoms with Gasteiger partial charge in [0.15, 0.2) is 0 Å². The second-order valence-corrected chi connectivity index (χ2v) is 7.29. The van der Waals surface area contributed by atoms with Crippen LogP contribution < -0.4 is 0 Å². The lowest BCUT2D eigenvalue weighted by molar-refractivity contribution is 1.46. The second kappa shape index (κ2) is 6.48. The molecule has 0 saturated heterocycles. The molecule has 2 heteroatoms. The maximum atomic E-state index is 2.45. The number of hydrogen-bond acceptors (Lipinski definition) is 0. The van der Waals surface area contributed by atoms with Gasteiger partial charge in [0.2, 0.25) is 0 Å². The standard InChI is InChI=1S/C19H14I2/c1-13-7-9-15(10-8-13)17-11-16(12-18(20)19(17)21)14-5-3-2-4-6-14/h2-12H,1H3. The van der Waals surface area contributed by atoms with Crippen LogP contribution in [-0.2, 0) is 0 Å². The summed E-state index contributed by atoms with van der Waals surface area (Å²) in [5.74, 6) is 0. The Hall–Kier alpha value is -0.880. The van der Waals surface area contributed by atoms with Gasteiger partial charge in [-0.05, 0) is 86.5 Å². The van der Waals surface area contributed by atoms with Gasteiger partial charge in [0, 0.05) is 7.14 Å². The van der Waals surface area contributed by atoms with Crippen molar-refractivity contribution in [3.05, 3.63) is 79.4 Å². The Labute approximate surface area is 152 Å². The summed E-state index contributed by atoms with van der Waals surface area (Å²) in [5.41, 5.74) is 6.42. The van der Waals surface area contributed by atoms with Crippen molar-refractivity contribution in [1.82, 2.24) is 0 Å². The van der Waals surface area contributed by atoms with Gasteiger partial charge in [0.1, 0.15) is 0 Å². The highest BCUT2D eigenvalue weighted by molar-refractivity contribution is 14.1. The van der Waals surface area contributed by atoms with E-state index < -0.39 is 0 Å². The minimum Gasteiger partial charge on any atom is -0.0622 e. The van der Waals surface area contributed by atoms with E-state index in [0.717, 1.165) is 0 Å². The number of rotatable bonds is 2. The van der Waals surface area contributed by atoms with E-state index >= 15 is 0 Å². The summed E-state index contributed by atoms with van der Waals surface area (Å²) in [6.07, 6.45) is 0. The maximum Gasteiger partial charge on any atom is 0.0342 e. The van der Waals surface area contributed by atoms with Crippen LogP contribution in [0.1, 0.15) is 5.56 Å². The predicted octanol–water partition coefficient (Wildman–Crippen LogP) is 6.54. The van der Waals surface area contributed by atoms with Crippen LogP contribution in [-0.4, -0.2) is 0 Å². The Morgan fingerprint density at radius 1 is 0.667 bits per heavy atom. The van der Waals surface area contributed by atoms with E-state index in [4.69, 9.17) is 0 Å². The van der Waals surface area contributed by atoms with E-state index in [9.17, 15) is 0 Å². The molecule has 0 amide bonds. The highest BCUT2D eigenvalue weighted by Crippen LogP contribution is 2.34. The molecule has 104 valence electrons. The Bertz CT molecular complexity index is 760.